The SMILES string of the molecule is [CH3][Sn]([O][N+](=O)[O-])([O][N+](=O)[O-])[O][N+](=O)[O-]. The summed E-state index contributed by atoms with van der Waals surface area (Å²) in [5.74, 6) is 0. The van der Waals surface area contributed by atoms with E-state index in [2.05, 4.69) is 9.52 Å². The third-order valence-electron chi connectivity index (χ3n) is 0.721. The van der Waals surface area contributed by atoms with Crippen LogP contribution in [0.5, 0.6) is 0 Å². The van der Waals surface area contributed by atoms with Crippen molar-refractivity contribution in [3.63, 3.8) is 0 Å². The van der Waals surface area contributed by atoms with Gasteiger partial charge in [-0.25, -0.2) is 0 Å². The number of hydrogen-bond acceptors (Lipinski definition) is 9. The van der Waals surface area contributed by atoms with E-state index in [1.165, 1.54) is 0 Å². The Morgan fingerprint density at radius 3 is 1.21 bits per heavy atom. The molecule has 0 aromatic rings. The van der Waals surface area contributed by atoms with Crippen LogP contribution in [0.2, 0.25) is 4.94 Å². The standard InChI is InChI=1S/CH3.3NO3.Sn/c;3*2-1(3)4;/h1H3;;;;/q;3*-1;+3. The maximum absolute atomic E-state index is 9.81. The Labute approximate surface area is 80.2 Å². The van der Waals surface area contributed by atoms with Gasteiger partial charge in [-0.05, 0) is 0 Å². The van der Waals surface area contributed by atoms with Gasteiger partial charge in [0.05, 0.1) is 0 Å². The van der Waals surface area contributed by atoms with Gasteiger partial charge in [-0.15, -0.1) is 0 Å². The fourth-order valence-corrected chi connectivity index (χ4v) is 3.06. The molecule has 0 aliphatic rings. The zero-order valence-electron chi connectivity index (χ0n) is 6.52. The van der Waals surface area contributed by atoms with E-state index < -0.39 is 34.9 Å². The maximum atomic E-state index is 9.81. The van der Waals surface area contributed by atoms with Gasteiger partial charge < -0.3 is 0 Å². The second kappa shape index (κ2) is 4.58. The molecule has 0 aliphatic carbocycles. The quantitative estimate of drug-likeness (QED) is 0.346. The summed E-state index contributed by atoms with van der Waals surface area (Å²) in [4.78, 5) is 30.1. The third-order valence-corrected chi connectivity index (χ3v) is 4.84. The molecule has 14 heavy (non-hydrogen) atoms. The van der Waals surface area contributed by atoms with Crippen molar-refractivity contribution in [1.82, 2.24) is 0 Å². The van der Waals surface area contributed by atoms with Crippen LogP contribution in [0.3, 0.4) is 0 Å². The van der Waals surface area contributed by atoms with Gasteiger partial charge >= 0.3 is 79.7 Å². The van der Waals surface area contributed by atoms with E-state index >= 15 is 0 Å². The molecule has 0 heterocycles. The summed E-state index contributed by atoms with van der Waals surface area (Å²) < 4.78 is 11.0. The van der Waals surface area contributed by atoms with Crippen molar-refractivity contribution in [2.45, 2.75) is 4.94 Å². The first kappa shape index (κ1) is 12.4. The molecular weight excluding hydrogens is 317 g/mol. The van der Waals surface area contributed by atoms with Crippen molar-refractivity contribution in [1.29, 1.82) is 0 Å². The Bertz CT molecular complexity index is 222. The molecule has 0 rings (SSSR count). The van der Waals surface area contributed by atoms with Crippen LogP contribution in [0, 0.1) is 30.3 Å². The minimum atomic E-state index is -5.31. The van der Waals surface area contributed by atoms with Gasteiger partial charge in [-0.3, -0.25) is 0 Å². The van der Waals surface area contributed by atoms with Gasteiger partial charge in [0.1, 0.15) is 0 Å². The van der Waals surface area contributed by atoms with E-state index in [1.54, 1.807) is 0 Å². The molecule has 0 aromatic carbocycles. The molecule has 0 atom stereocenters. The van der Waals surface area contributed by atoms with Gasteiger partial charge in [0.25, 0.3) is 0 Å². The summed E-state index contributed by atoms with van der Waals surface area (Å²) in [6.45, 7) is 0. The van der Waals surface area contributed by atoms with Crippen molar-refractivity contribution in [2.24, 2.45) is 0 Å². The molecule has 0 N–H and O–H groups in total. The molecular formula is CH3N3O9Sn. The molecule has 0 aliphatic heterocycles. The van der Waals surface area contributed by atoms with Crippen LogP contribution in [0.1, 0.15) is 0 Å². The average molecular weight is 320 g/mol. The normalized spacial score (nSPS) is 10.1. The van der Waals surface area contributed by atoms with Crippen molar-refractivity contribution < 1.29 is 24.8 Å². The average Bonchev–Trinajstić information content (AvgIpc) is 1.76. The van der Waals surface area contributed by atoms with Crippen LogP contribution >= 0.6 is 0 Å². The minimum absolute atomic E-state index is 0.698. The molecule has 0 saturated carbocycles. The van der Waals surface area contributed by atoms with E-state index in [1.807, 2.05) is 0 Å². The van der Waals surface area contributed by atoms with E-state index in [-0.39, 0.29) is 0 Å². The molecule has 80 valence electrons. The van der Waals surface area contributed by atoms with Crippen molar-refractivity contribution >= 4 is 19.6 Å². The Kier molecular flexibility index (Phi) is 4.06. The second-order valence-corrected chi connectivity index (χ2v) is 8.29. The van der Waals surface area contributed by atoms with Crippen LogP contribution in [-0.2, 0) is 9.52 Å². The predicted octanol–water partition coefficient (Wildman–Crippen LogP) is -0.820. The molecule has 0 aromatic heterocycles. The molecule has 13 heteroatoms. The summed E-state index contributed by atoms with van der Waals surface area (Å²) in [5.41, 5.74) is 0. The number of hydrogen-bond donors (Lipinski definition) is 0. The second-order valence-electron chi connectivity index (χ2n) is 1.81. The van der Waals surface area contributed by atoms with Crippen LogP contribution in [0.15, 0.2) is 0 Å². The molecule has 0 bridgehead atoms. The van der Waals surface area contributed by atoms with Gasteiger partial charge in [0.2, 0.25) is 0 Å². The van der Waals surface area contributed by atoms with Gasteiger partial charge in [-0.2, -0.15) is 0 Å². The molecule has 0 unspecified atom stereocenters. The summed E-state index contributed by atoms with van der Waals surface area (Å²) in [7, 11) is 0. The Hall–Kier alpha value is -1.60. The van der Waals surface area contributed by atoms with Gasteiger partial charge in [0, 0.05) is 0 Å². The molecule has 0 saturated heterocycles. The predicted molar refractivity (Wildman–Crippen MR) is 35.9 cm³/mol. The molecule has 0 radical (unpaired) electrons. The first-order valence-electron chi connectivity index (χ1n) is 2.76. The van der Waals surface area contributed by atoms with E-state index in [0.29, 0.717) is 4.94 Å². The van der Waals surface area contributed by atoms with Crippen LogP contribution in [0.25, 0.3) is 0 Å². The first-order valence-corrected chi connectivity index (χ1v) is 9.11. The molecule has 0 amide bonds. The zero-order valence-corrected chi connectivity index (χ0v) is 9.37. The molecule has 0 spiro atoms. The van der Waals surface area contributed by atoms with Crippen molar-refractivity contribution in [2.75, 3.05) is 0 Å². The zero-order chi connectivity index (χ0) is 11.4. The van der Waals surface area contributed by atoms with E-state index in [9.17, 15) is 30.3 Å². The topological polar surface area (TPSA) is 157 Å². The Balaban J connectivity index is 4.56. The van der Waals surface area contributed by atoms with Gasteiger partial charge in [-0.1, -0.05) is 0 Å². The van der Waals surface area contributed by atoms with E-state index in [4.69, 9.17) is 0 Å². The monoisotopic (exact) mass is 321 g/mol. The van der Waals surface area contributed by atoms with Crippen LogP contribution in [0.4, 0.5) is 0 Å². The van der Waals surface area contributed by atoms with Crippen LogP contribution < -0.4 is 0 Å². The van der Waals surface area contributed by atoms with Gasteiger partial charge in [0.15, 0.2) is 0 Å². The van der Waals surface area contributed by atoms with Crippen LogP contribution in [-0.4, -0.2) is 34.9 Å². The molecule has 0 fully saturated rings. The van der Waals surface area contributed by atoms with Crippen molar-refractivity contribution in [3.8, 4) is 0 Å². The third kappa shape index (κ3) is 5.12. The number of rotatable bonds is 6. The Morgan fingerprint density at radius 1 is 0.857 bits per heavy atom. The molecule has 12 nitrogen and oxygen atoms in total. The summed E-state index contributed by atoms with van der Waals surface area (Å²) >= 11 is -5.31. The van der Waals surface area contributed by atoms with E-state index in [0.717, 1.165) is 0 Å². The summed E-state index contributed by atoms with van der Waals surface area (Å²) in [6.07, 6.45) is 0. The first-order chi connectivity index (χ1) is 6.25. The fourth-order valence-electron chi connectivity index (χ4n) is 0.456. The Morgan fingerprint density at radius 2 is 1.07 bits per heavy atom. The fraction of sp³-hybridized carbons (Fsp3) is 1.00. The van der Waals surface area contributed by atoms with Crippen molar-refractivity contribution in [3.05, 3.63) is 30.3 Å². The summed E-state index contributed by atoms with van der Waals surface area (Å²) in [5, 5.41) is 25.1. The summed E-state index contributed by atoms with van der Waals surface area (Å²) in [6, 6.07) is 0. The number of nitrogens with zero attached hydrogens (tertiary/aromatic N) is 3.